The van der Waals surface area contributed by atoms with E-state index in [4.69, 9.17) is 4.74 Å². The molecule has 1 aliphatic rings. The molecule has 0 bridgehead atoms. The second-order valence-corrected chi connectivity index (χ2v) is 6.48. The first-order valence-corrected chi connectivity index (χ1v) is 8.66. The van der Waals surface area contributed by atoms with Crippen molar-refractivity contribution < 1.29 is 9.53 Å². The van der Waals surface area contributed by atoms with Gasteiger partial charge in [0.15, 0.2) is 5.82 Å². The average molecular weight is 335 g/mol. The minimum Gasteiger partial charge on any atom is -0.367 e. The molecule has 1 atom stereocenters. The maximum absolute atomic E-state index is 12.1. The van der Waals surface area contributed by atoms with Crippen LogP contribution in [0.1, 0.15) is 29.6 Å². The molecule has 7 nitrogen and oxygen atoms in total. The molecule has 1 aliphatic heterocycles. The van der Waals surface area contributed by atoms with E-state index in [1.807, 2.05) is 24.4 Å². The highest BCUT2D eigenvalue weighted by molar-refractivity contribution is 7.09. The van der Waals surface area contributed by atoms with Crippen molar-refractivity contribution in [3.63, 3.8) is 0 Å². The third-order valence-corrected chi connectivity index (χ3v) is 4.61. The number of aromatic amines is 1. The number of nitrogens with one attached hydrogen (secondary N) is 2. The van der Waals surface area contributed by atoms with Crippen LogP contribution < -0.4 is 5.32 Å². The van der Waals surface area contributed by atoms with Crippen LogP contribution in [0.3, 0.4) is 0 Å². The van der Waals surface area contributed by atoms with Crippen LogP contribution in [0.15, 0.2) is 17.5 Å². The van der Waals surface area contributed by atoms with Crippen LogP contribution in [0.2, 0.25) is 0 Å². The summed E-state index contributed by atoms with van der Waals surface area (Å²) in [6.07, 6.45) is 0.638. The van der Waals surface area contributed by atoms with Gasteiger partial charge >= 0.3 is 0 Å². The second kappa shape index (κ2) is 7.67. The Bertz CT molecular complexity index is 628. The lowest BCUT2D eigenvalue weighted by molar-refractivity contribution is -0.124. The number of thiophene rings is 1. The number of carbonyl (C=O) groups is 1. The van der Waals surface area contributed by atoms with Gasteiger partial charge in [0.25, 0.3) is 0 Å². The molecule has 0 spiro atoms. The molecule has 2 aromatic rings. The first kappa shape index (κ1) is 16.1. The first-order chi connectivity index (χ1) is 11.2. The molecule has 8 heteroatoms. The van der Waals surface area contributed by atoms with Crippen molar-refractivity contribution in [3.8, 4) is 0 Å². The number of nitrogens with zero attached hydrogens (tertiary/aromatic N) is 3. The van der Waals surface area contributed by atoms with Crippen LogP contribution in [0.25, 0.3) is 0 Å². The van der Waals surface area contributed by atoms with E-state index in [2.05, 4.69) is 25.4 Å². The van der Waals surface area contributed by atoms with Gasteiger partial charge in [-0.15, -0.1) is 11.3 Å². The summed E-state index contributed by atoms with van der Waals surface area (Å²) in [5.41, 5.74) is 0. The molecule has 1 amide bonds. The van der Waals surface area contributed by atoms with E-state index in [0.29, 0.717) is 32.1 Å². The quantitative estimate of drug-likeness (QED) is 0.826. The van der Waals surface area contributed by atoms with Crippen molar-refractivity contribution in [2.24, 2.45) is 0 Å². The highest BCUT2D eigenvalue weighted by Gasteiger charge is 2.26. The predicted octanol–water partition coefficient (Wildman–Crippen LogP) is 1.12. The molecule has 1 saturated heterocycles. The van der Waals surface area contributed by atoms with Crippen molar-refractivity contribution in [1.82, 2.24) is 25.4 Å². The summed E-state index contributed by atoms with van der Waals surface area (Å²) in [7, 11) is 0. The van der Waals surface area contributed by atoms with Crippen molar-refractivity contribution in [1.29, 1.82) is 0 Å². The first-order valence-electron chi connectivity index (χ1n) is 7.79. The third-order valence-electron chi connectivity index (χ3n) is 3.73. The zero-order valence-electron chi connectivity index (χ0n) is 13.1. The lowest BCUT2D eigenvalue weighted by atomic mass is 10.2. The normalized spacial score (nSPS) is 18.9. The van der Waals surface area contributed by atoms with Crippen molar-refractivity contribution in [2.75, 3.05) is 26.2 Å². The Kier molecular flexibility index (Phi) is 5.37. The van der Waals surface area contributed by atoms with Gasteiger partial charge in [0, 0.05) is 24.4 Å². The number of morpholine rings is 1. The summed E-state index contributed by atoms with van der Waals surface area (Å²) >= 11 is 1.64. The number of aromatic nitrogens is 3. The molecule has 0 saturated carbocycles. The zero-order valence-corrected chi connectivity index (χ0v) is 13.9. The summed E-state index contributed by atoms with van der Waals surface area (Å²) in [6.45, 7) is 4.94. The van der Waals surface area contributed by atoms with E-state index < -0.39 is 0 Å². The molecule has 0 aromatic carbocycles. The lowest BCUT2D eigenvalue weighted by Crippen LogP contribution is -2.44. The highest BCUT2D eigenvalue weighted by atomic mass is 32.1. The number of carbonyl (C=O) groups excluding carboxylic acids is 1. The Labute approximate surface area is 139 Å². The van der Waals surface area contributed by atoms with Crippen molar-refractivity contribution >= 4 is 17.2 Å². The molecule has 0 radical (unpaired) electrons. The van der Waals surface area contributed by atoms with Crippen LogP contribution in [-0.4, -0.2) is 52.2 Å². The fraction of sp³-hybridized carbons (Fsp3) is 0.533. The minimum atomic E-state index is -0.176. The Hall–Kier alpha value is -1.77. The topological polar surface area (TPSA) is 83.1 Å². The van der Waals surface area contributed by atoms with E-state index in [9.17, 15) is 4.79 Å². The van der Waals surface area contributed by atoms with Crippen molar-refractivity contribution in [2.45, 2.75) is 26.0 Å². The maximum Gasteiger partial charge on any atom is 0.234 e. The molecular formula is C15H21N5O2S. The van der Waals surface area contributed by atoms with Crippen LogP contribution in [-0.2, 0) is 22.5 Å². The number of hydrogen-bond acceptors (Lipinski definition) is 6. The lowest BCUT2D eigenvalue weighted by Gasteiger charge is -2.30. The summed E-state index contributed by atoms with van der Waals surface area (Å²) in [6, 6.07) is 4.00. The highest BCUT2D eigenvalue weighted by Crippen LogP contribution is 2.18. The molecular weight excluding hydrogens is 314 g/mol. The Morgan fingerprint density at radius 2 is 2.52 bits per heavy atom. The van der Waals surface area contributed by atoms with Gasteiger partial charge in [-0.3, -0.25) is 14.8 Å². The summed E-state index contributed by atoms with van der Waals surface area (Å²) in [5, 5.41) is 12.1. The second-order valence-electron chi connectivity index (χ2n) is 5.44. The van der Waals surface area contributed by atoms with Gasteiger partial charge < -0.3 is 10.1 Å². The SMILES string of the molecule is CCc1nc(C2CN(CC(=O)NCc3cccs3)CCO2)n[nH]1. The van der Waals surface area contributed by atoms with Gasteiger partial charge in [0.05, 0.1) is 19.7 Å². The van der Waals surface area contributed by atoms with Gasteiger partial charge in [-0.25, -0.2) is 4.98 Å². The molecule has 2 aromatic heterocycles. The molecule has 0 aliphatic carbocycles. The molecule has 124 valence electrons. The Balaban J connectivity index is 1.49. The van der Waals surface area contributed by atoms with E-state index in [1.165, 1.54) is 0 Å². The number of rotatable bonds is 6. The maximum atomic E-state index is 12.1. The van der Waals surface area contributed by atoms with E-state index in [-0.39, 0.29) is 12.0 Å². The van der Waals surface area contributed by atoms with E-state index in [0.717, 1.165) is 23.7 Å². The van der Waals surface area contributed by atoms with Crippen LogP contribution >= 0.6 is 11.3 Å². The number of ether oxygens (including phenoxy) is 1. The predicted molar refractivity (Wildman–Crippen MR) is 87.1 cm³/mol. The molecule has 1 unspecified atom stereocenters. The van der Waals surface area contributed by atoms with Gasteiger partial charge in [-0.1, -0.05) is 13.0 Å². The fourth-order valence-electron chi connectivity index (χ4n) is 2.47. The average Bonchev–Trinajstić information content (AvgIpc) is 3.24. The smallest absolute Gasteiger partial charge is 0.234 e. The number of aryl methyl sites for hydroxylation is 1. The van der Waals surface area contributed by atoms with E-state index in [1.54, 1.807) is 11.3 Å². The summed E-state index contributed by atoms with van der Waals surface area (Å²) in [4.78, 5) is 19.7. The molecule has 3 heterocycles. The Morgan fingerprint density at radius 3 is 3.26 bits per heavy atom. The standard InChI is InChI=1S/C15H21N5O2S/c1-2-13-17-15(19-18-13)12-9-20(5-6-22-12)10-14(21)16-8-11-4-3-7-23-11/h3-4,7,12H,2,5-6,8-10H2,1H3,(H,16,21)(H,17,18,19). The van der Waals surface area contributed by atoms with Gasteiger partial charge in [-0.2, -0.15) is 5.10 Å². The minimum absolute atomic E-state index is 0.0308. The van der Waals surface area contributed by atoms with Gasteiger partial charge in [0.2, 0.25) is 5.91 Å². The zero-order chi connectivity index (χ0) is 16.1. The summed E-state index contributed by atoms with van der Waals surface area (Å²) in [5.74, 6) is 1.56. The van der Waals surface area contributed by atoms with Crippen LogP contribution in [0.4, 0.5) is 0 Å². The van der Waals surface area contributed by atoms with E-state index >= 15 is 0 Å². The summed E-state index contributed by atoms with van der Waals surface area (Å²) < 4.78 is 5.74. The van der Waals surface area contributed by atoms with Crippen LogP contribution in [0, 0.1) is 0 Å². The largest absolute Gasteiger partial charge is 0.367 e. The fourth-order valence-corrected chi connectivity index (χ4v) is 3.12. The van der Waals surface area contributed by atoms with Gasteiger partial charge in [-0.05, 0) is 11.4 Å². The molecule has 3 rings (SSSR count). The molecule has 1 fully saturated rings. The number of amides is 1. The van der Waals surface area contributed by atoms with Gasteiger partial charge in [0.1, 0.15) is 11.9 Å². The number of hydrogen-bond donors (Lipinski definition) is 2. The van der Waals surface area contributed by atoms with Crippen LogP contribution in [0.5, 0.6) is 0 Å². The number of H-pyrrole nitrogens is 1. The monoisotopic (exact) mass is 335 g/mol. The Morgan fingerprint density at radius 1 is 1.61 bits per heavy atom. The third kappa shape index (κ3) is 4.37. The molecule has 2 N–H and O–H groups in total. The molecule has 23 heavy (non-hydrogen) atoms. The van der Waals surface area contributed by atoms with Crippen molar-refractivity contribution in [3.05, 3.63) is 34.0 Å².